The van der Waals surface area contributed by atoms with Gasteiger partial charge in [0.25, 0.3) is 0 Å². The average molecular weight is 283 g/mol. The zero-order valence-corrected chi connectivity index (χ0v) is 11.4. The number of nitrogens with one attached hydrogen (secondary N) is 1. The molecule has 7 nitrogen and oxygen atoms in total. The first-order valence-corrected chi connectivity index (χ1v) is 6.42. The third-order valence-electron chi connectivity index (χ3n) is 3.09. The van der Waals surface area contributed by atoms with Gasteiger partial charge in [-0.1, -0.05) is 39.4 Å². The predicted octanol–water partition coefficient (Wildman–Crippen LogP) is 2.56. The van der Waals surface area contributed by atoms with Gasteiger partial charge in [0.1, 0.15) is 6.20 Å². The van der Waals surface area contributed by atoms with Gasteiger partial charge in [-0.2, -0.15) is 0 Å². The van der Waals surface area contributed by atoms with Gasteiger partial charge in [-0.25, -0.2) is 4.98 Å². The number of benzene rings is 1. The number of hydrogen-bond acceptors (Lipinski definition) is 5. The van der Waals surface area contributed by atoms with Crippen LogP contribution in [0.15, 0.2) is 42.6 Å². The van der Waals surface area contributed by atoms with Crippen LogP contribution in [0.25, 0.3) is 5.65 Å². The van der Waals surface area contributed by atoms with Crippen LogP contribution in [-0.2, 0) is 6.54 Å². The highest BCUT2D eigenvalue weighted by atomic mass is 16.6. The molecule has 0 aliphatic heterocycles. The van der Waals surface area contributed by atoms with Crippen molar-refractivity contribution in [1.82, 2.24) is 14.6 Å². The molecule has 1 aromatic carbocycles. The Balaban J connectivity index is 1.84. The van der Waals surface area contributed by atoms with Crippen molar-refractivity contribution < 1.29 is 4.92 Å². The predicted molar refractivity (Wildman–Crippen MR) is 78.1 cm³/mol. The molecular formula is C14H13N5O2. The SMILES string of the molecule is Cc1cccc(CNc2ccc3ncc([N+](=O)[O-])n3n2)c1. The third kappa shape index (κ3) is 2.66. The van der Waals surface area contributed by atoms with E-state index in [1.165, 1.54) is 16.3 Å². The molecule has 2 heterocycles. The van der Waals surface area contributed by atoms with E-state index >= 15 is 0 Å². The lowest BCUT2D eigenvalue weighted by molar-refractivity contribution is -0.391. The summed E-state index contributed by atoms with van der Waals surface area (Å²) >= 11 is 0. The van der Waals surface area contributed by atoms with Gasteiger partial charge in [0.15, 0.2) is 5.82 Å². The van der Waals surface area contributed by atoms with E-state index in [1.54, 1.807) is 12.1 Å². The molecule has 3 rings (SSSR count). The summed E-state index contributed by atoms with van der Waals surface area (Å²) in [6.45, 7) is 2.63. The number of nitrogens with zero attached hydrogens (tertiary/aromatic N) is 4. The molecule has 0 amide bonds. The molecule has 0 saturated carbocycles. The Morgan fingerprint density at radius 1 is 1.33 bits per heavy atom. The van der Waals surface area contributed by atoms with Gasteiger partial charge in [-0.05, 0) is 23.5 Å². The normalized spacial score (nSPS) is 10.7. The highest BCUT2D eigenvalue weighted by Gasteiger charge is 2.15. The van der Waals surface area contributed by atoms with E-state index in [0.717, 1.165) is 5.56 Å². The van der Waals surface area contributed by atoms with Crippen LogP contribution < -0.4 is 5.32 Å². The number of fused-ring (bicyclic) bond motifs is 1. The number of aromatic nitrogens is 3. The molecule has 0 radical (unpaired) electrons. The molecule has 0 bridgehead atoms. The summed E-state index contributed by atoms with van der Waals surface area (Å²) in [5.41, 5.74) is 2.75. The van der Waals surface area contributed by atoms with Gasteiger partial charge in [0.05, 0.1) is 0 Å². The Kier molecular flexibility index (Phi) is 3.23. The van der Waals surface area contributed by atoms with Gasteiger partial charge in [-0.15, -0.1) is 0 Å². The highest BCUT2D eigenvalue weighted by molar-refractivity contribution is 5.48. The van der Waals surface area contributed by atoms with Crippen LogP contribution in [0.5, 0.6) is 0 Å². The van der Waals surface area contributed by atoms with E-state index in [9.17, 15) is 10.1 Å². The number of anilines is 1. The van der Waals surface area contributed by atoms with Crippen LogP contribution in [-0.4, -0.2) is 19.5 Å². The maximum Gasteiger partial charge on any atom is 0.368 e. The van der Waals surface area contributed by atoms with Crippen molar-refractivity contribution in [2.24, 2.45) is 0 Å². The van der Waals surface area contributed by atoms with Crippen molar-refractivity contribution in [3.8, 4) is 0 Å². The van der Waals surface area contributed by atoms with Crippen LogP contribution in [0.1, 0.15) is 11.1 Å². The smallest absolute Gasteiger partial charge is 0.363 e. The summed E-state index contributed by atoms with van der Waals surface area (Å²) in [4.78, 5) is 14.3. The number of imidazole rings is 1. The molecule has 21 heavy (non-hydrogen) atoms. The molecule has 0 unspecified atom stereocenters. The highest BCUT2D eigenvalue weighted by Crippen LogP contribution is 2.15. The zero-order chi connectivity index (χ0) is 14.8. The summed E-state index contributed by atoms with van der Waals surface area (Å²) in [5, 5.41) is 18.2. The summed E-state index contributed by atoms with van der Waals surface area (Å²) in [5.74, 6) is 0.411. The minimum atomic E-state index is -0.503. The second-order valence-corrected chi connectivity index (χ2v) is 4.70. The fraction of sp³-hybridized carbons (Fsp3) is 0.143. The van der Waals surface area contributed by atoms with Gasteiger partial charge in [0, 0.05) is 12.6 Å². The third-order valence-corrected chi connectivity index (χ3v) is 3.09. The number of hydrogen-bond donors (Lipinski definition) is 1. The first-order valence-electron chi connectivity index (χ1n) is 6.42. The molecule has 1 N–H and O–H groups in total. The summed E-state index contributed by atoms with van der Waals surface area (Å²) in [6.07, 6.45) is 1.20. The lowest BCUT2D eigenvalue weighted by atomic mass is 10.1. The van der Waals surface area contributed by atoms with Gasteiger partial charge in [-0.3, -0.25) is 0 Å². The maximum absolute atomic E-state index is 10.9. The van der Waals surface area contributed by atoms with E-state index in [-0.39, 0.29) is 5.82 Å². The second-order valence-electron chi connectivity index (χ2n) is 4.70. The van der Waals surface area contributed by atoms with Crippen LogP contribution in [0.4, 0.5) is 11.6 Å². The van der Waals surface area contributed by atoms with Crippen LogP contribution in [0.2, 0.25) is 0 Å². The Morgan fingerprint density at radius 3 is 2.95 bits per heavy atom. The minimum Gasteiger partial charge on any atom is -0.363 e. The Bertz CT molecular complexity index is 812. The molecule has 2 aromatic heterocycles. The topological polar surface area (TPSA) is 85.4 Å². The fourth-order valence-electron chi connectivity index (χ4n) is 2.09. The Morgan fingerprint density at radius 2 is 2.19 bits per heavy atom. The molecule has 3 aromatic rings. The molecule has 0 fully saturated rings. The van der Waals surface area contributed by atoms with E-state index in [0.29, 0.717) is 18.0 Å². The van der Waals surface area contributed by atoms with E-state index in [1.807, 2.05) is 25.1 Å². The largest absolute Gasteiger partial charge is 0.368 e. The van der Waals surface area contributed by atoms with Crippen molar-refractivity contribution in [1.29, 1.82) is 0 Å². The van der Waals surface area contributed by atoms with Gasteiger partial charge in [0.2, 0.25) is 5.65 Å². The molecule has 0 aliphatic carbocycles. The Hall–Kier alpha value is -2.96. The monoisotopic (exact) mass is 283 g/mol. The van der Waals surface area contributed by atoms with Crippen molar-refractivity contribution in [3.05, 3.63) is 63.8 Å². The molecule has 0 aliphatic rings. The van der Waals surface area contributed by atoms with Crippen molar-refractivity contribution in [3.63, 3.8) is 0 Å². The molecule has 0 atom stereocenters. The maximum atomic E-state index is 10.9. The zero-order valence-electron chi connectivity index (χ0n) is 11.4. The number of rotatable bonds is 4. The quantitative estimate of drug-likeness (QED) is 0.587. The fourth-order valence-corrected chi connectivity index (χ4v) is 2.09. The van der Waals surface area contributed by atoms with Crippen LogP contribution in [0.3, 0.4) is 0 Å². The first kappa shape index (κ1) is 13.0. The summed E-state index contributed by atoms with van der Waals surface area (Å²) < 4.78 is 1.22. The lowest BCUT2D eigenvalue weighted by Crippen LogP contribution is -2.05. The van der Waals surface area contributed by atoms with Crippen LogP contribution >= 0.6 is 0 Å². The number of aryl methyl sites for hydroxylation is 1. The van der Waals surface area contributed by atoms with E-state index < -0.39 is 4.92 Å². The molecular weight excluding hydrogens is 270 g/mol. The van der Waals surface area contributed by atoms with Gasteiger partial charge < -0.3 is 15.4 Å². The minimum absolute atomic E-state index is 0.149. The molecule has 7 heteroatoms. The van der Waals surface area contributed by atoms with E-state index in [2.05, 4.69) is 21.5 Å². The lowest BCUT2D eigenvalue weighted by Gasteiger charge is -2.05. The van der Waals surface area contributed by atoms with Gasteiger partial charge >= 0.3 is 5.82 Å². The first-order chi connectivity index (χ1) is 10.1. The summed E-state index contributed by atoms with van der Waals surface area (Å²) in [6, 6.07) is 11.6. The average Bonchev–Trinajstić information content (AvgIpc) is 2.88. The molecule has 106 valence electrons. The molecule has 0 saturated heterocycles. The summed E-state index contributed by atoms with van der Waals surface area (Å²) in [7, 11) is 0. The molecule has 0 spiro atoms. The Labute approximate surface area is 120 Å². The van der Waals surface area contributed by atoms with Crippen molar-refractivity contribution in [2.75, 3.05) is 5.32 Å². The standard InChI is InChI=1S/C14H13N5O2/c1-10-3-2-4-11(7-10)8-15-12-5-6-13-16-9-14(19(20)21)18(13)17-12/h2-7,9H,8H2,1H3,(H,15,17). The number of nitro groups is 1. The van der Waals surface area contributed by atoms with Crippen molar-refractivity contribution in [2.45, 2.75) is 13.5 Å². The van der Waals surface area contributed by atoms with Crippen molar-refractivity contribution >= 4 is 17.3 Å². The van der Waals surface area contributed by atoms with Crippen LogP contribution in [0, 0.1) is 17.0 Å². The second kappa shape index (κ2) is 5.20. The van der Waals surface area contributed by atoms with E-state index in [4.69, 9.17) is 0 Å².